The largest absolute Gasteiger partial charge is 0.348 e. The van der Waals surface area contributed by atoms with Gasteiger partial charge in [-0.05, 0) is 43.2 Å². The fraction of sp³-hybridized carbons (Fsp3) is 0.190. The van der Waals surface area contributed by atoms with E-state index >= 15 is 0 Å². The van der Waals surface area contributed by atoms with Crippen LogP contribution in [0.3, 0.4) is 0 Å². The Bertz CT molecular complexity index is 1210. The highest BCUT2D eigenvalue weighted by Crippen LogP contribution is 2.23. The van der Waals surface area contributed by atoms with Crippen molar-refractivity contribution in [3.8, 4) is 0 Å². The molecule has 0 saturated heterocycles. The Morgan fingerprint density at radius 1 is 1.17 bits per heavy atom. The molecule has 0 aliphatic rings. The van der Waals surface area contributed by atoms with Crippen LogP contribution in [-0.4, -0.2) is 30.5 Å². The number of pyridine rings is 1. The molecule has 0 bridgehead atoms. The third-order valence-corrected chi connectivity index (χ3v) is 5.57. The van der Waals surface area contributed by atoms with Crippen molar-refractivity contribution in [2.45, 2.75) is 31.3 Å². The van der Waals surface area contributed by atoms with Crippen LogP contribution in [0, 0.1) is 13.8 Å². The molecule has 3 heterocycles. The van der Waals surface area contributed by atoms with Gasteiger partial charge >= 0.3 is 0 Å². The number of amides is 1. The van der Waals surface area contributed by atoms with Gasteiger partial charge in [0.15, 0.2) is 0 Å². The van der Waals surface area contributed by atoms with Gasteiger partial charge in [-0.1, -0.05) is 47.6 Å². The molecule has 0 fully saturated rings. The smallest absolute Gasteiger partial charge is 0.253 e. The summed E-state index contributed by atoms with van der Waals surface area (Å²) in [5.74, 6) is 1.01. The minimum atomic E-state index is -0.141. The van der Waals surface area contributed by atoms with E-state index in [2.05, 4.69) is 25.4 Å². The maximum absolute atomic E-state index is 12.7. The second-order valence-electron chi connectivity index (χ2n) is 6.76. The summed E-state index contributed by atoms with van der Waals surface area (Å²) >= 11 is 7.28. The van der Waals surface area contributed by atoms with Gasteiger partial charge in [0, 0.05) is 35.4 Å². The molecule has 1 aromatic carbocycles. The molecule has 7 nitrogen and oxygen atoms in total. The SMILES string of the molecule is Cc1cc(C)n2nc(SCc3ccccc3C(=O)NCc3ccc(Cl)nc3)nc2n1. The number of aromatic nitrogens is 5. The van der Waals surface area contributed by atoms with Crippen molar-refractivity contribution in [2.75, 3.05) is 0 Å². The highest BCUT2D eigenvalue weighted by atomic mass is 35.5. The average Bonchev–Trinajstić information content (AvgIpc) is 3.15. The molecule has 30 heavy (non-hydrogen) atoms. The summed E-state index contributed by atoms with van der Waals surface area (Å²) in [7, 11) is 0. The number of thioether (sulfide) groups is 1. The number of nitrogens with one attached hydrogen (secondary N) is 1. The van der Waals surface area contributed by atoms with Crippen molar-refractivity contribution in [2.24, 2.45) is 0 Å². The maximum atomic E-state index is 12.7. The summed E-state index contributed by atoms with van der Waals surface area (Å²) in [5.41, 5.74) is 4.30. The minimum absolute atomic E-state index is 0.141. The lowest BCUT2D eigenvalue weighted by molar-refractivity contribution is 0.0950. The van der Waals surface area contributed by atoms with Crippen molar-refractivity contribution in [3.05, 3.63) is 81.9 Å². The van der Waals surface area contributed by atoms with Gasteiger partial charge in [0.2, 0.25) is 5.16 Å². The van der Waals surface area contributed by atoms with Crippen molar-refractivity contribution < 1.29 is 4.79 Å². The quantitative estimate of drug-likeness (QED) is 0.361. The minimum Gasteiger partial charge on any atom is -0.348 e. The average molecular weight is 439 g/mol. The summed E-state index contributed by atoms with van der Waals surface area (Å²) in [5, 5.41) is 8.49. The number of carbonyl (C=O) groups excluding carboxylic acids is 1. The van der Waals surface area contributed by atoms with Gasteiger partial charge in [-0.25, -0.2) is 14.5 Å². The first kappa shape index (κ1) is 20.3. The summed E-state index contributed by atoms with van der Waals surface area (Å²) in [6.45, 7) is 4.28. The second kappa shape index (κ2) is 8.81. The molecule has 9 heteroatoms. The lowest BCUT2D eigenvalue weighted by atomic mass is 10.1. The molecule has 0 saturated carbocycles. The van der Waals surface area contributed by atoms with E-state index in [1.807, 2.05) is 50.2 Å². The van der Waals surface area contributed by atoms with Crippen molar-refractivity contribution in [1.82, 2.24) is 29.9 Å². The predicted molar refractivity (Wildman–Crippen MR) is 117 cm³/mol. The van der Waals surface area contributed by atoms with Crippen molar-refractivity contribution in [3.63, 3.8) is 0 Å². The van der Waals surface area contributed by atoms with Crippen LogP contribution in [0.2, 0.25) is 5.15 Å². The van der Waals surface area contributed by atoms with E-state index in [1.54, 1.807) is 16.8 Å². The van der Waals surface area contributed by atoms with Crippen LogP contribution in [0.5, 0.6) is 0 Å². The Morgan fingerprint density at radius 3 is 2.80 bits per heavy atom. The number of hydrogen-bond donors (Lipinski definition) is 1. The highest BCUT2D eigenvalue weighted by Gasteiger charge is 2.13. The Hall–Kier alpha value is -2.97. The van der Waals surface area contributed by atoms with Crippen LogP contribution in [0.15, 0.2) is 53.8 Å². The van der Waals surface area contributed by atoms with Gasteiger partial charge in [-0.3, -0.25) is 4.79 Å². The van der Waals surface area contributed by atoms with Gasteiger partial charge in [0.1, 0.15) is 5.15 Å². The fourth-order valence-corrected chi connectivity index (χ4v) is 3.94. The van der Waals surface area contributed by atoms with Gasteiger partial charge in [-0.15, -0.1) is 5.10 Å². The van der Waals surface area contributed by atoms with Gasteiger partial charge < -0.3 is 5.32 Å². The first-order valence-electron chi connectivity index (χ1n) is 9.30. The number of rotatable bonds is 6. The Morgan fingerprint density at radius 2 is 2.00 bits per heavy atom. The molecule has 0 unspecified atom stereocenters. The van der Waals surface area contributed by atoms with E-state index in [-0.39, 0.29) is 5.91 Å². The lowest BCUT2D eigenvalue weighted by Crippen LogP contribution is -2.24. The Labute approximate surface area is 182 Å². The highest BCUT2D eigenvalue weighted by molar-refractivity contribution is 7.98. The molecule has 4 rings (SSSR count). The van der Waals surface area contributed by atoms with Gasteiger partial charge in [0.25, 0.3) is 11.7 Å². The normalized spacial score (nSPS) is 11.0. The fourth-order valence-electron chi connectivity index (χ4n) is 3.01. The molecule has 3 aromatic heterocycles. The monoisotopic (exact) mass is 438 g/mol. The molecule has 0 radical (unpaired) electrons. The van der Waals surface area contributed by atoms with E-state index < -0.39 is 0 Å². The molecular formula is C21H19ClN6OS. The van der Waals surface area contributed by atoms with E-state index in [1.165, 1.54) is 11.8 Å². The standard InChI is InChI=1S/C21H19ClN6OS/c1-13-9-14(2)28-20(25-13)26-21(27-28)30-12-16-5-3-4-6-17(16)19(29)24-11-15-7-8-18(22)23-10-15/h3-10H,11-12H2,1-2H3,(H,24,29). The zero-order chi connectivity index (χ0) is 21.1. The van der Waals surface area contributed by atoms with Gasteiger partial charge in [0.05, 0.1) is 0 Å². The molecule has 1 amide bonds. The number of aryl methyl sites for hydroxylation is 2. The van der Waals surface area contributed by atoms with Crippen LogP contribution in [-0.2, 0) is 12.3 Å². The summed E-state index contributed by atoms with van der Waals surface area (Å²) in [6.07, 6.45) is 1.65. The van der Waals surface area contributed by atoms with E-state index in [0.717, 1.165) is 22.5 Å². The van der Waals surface area contributed by atoms with Crippen LogP contribution < -0.4 is 5.32 Å². The van der Waals surface area contributed by atoms with E-state index in [4.69, 9.17) is 11.6 Å². The first-order chi connectivity index (χ1) is 14.5. The number of halogens is 1. The Kier molecular flexibility index (Phi) is 5.96. The van der Waals surface area contributed by atoms with Gasteiger partial charge in [-0.2, -0.15) is 4.98 Å². The molecular weight excluding hydrogens is 420 g/mol. The second-order valence-corrected chi connectivity index (χ2v) is 8.09. The van der Waals surface area contributed by atoms with Crippen molar-refractivity contribution in [1.29, 1.82) is 0 Å². The molecule has 0 spiro atoms. The lowest BCUT2D eigenvalue weighted by Gasteiger charge is -2.09. The third-order valence-electron chi connectivity index (χ3n) is 4.46. The summed E-state index contributed by atoms with van der Waals surface area (Å²) in [6, 6.07) is 13.0. The number of benzene rings is 1. The molecule has 1 N–H and O–H groups in total. The molecule has 152 valence electrons. The molecule has 0 aliphatic carbocycles. The molecule has 4 aromatic rings. The Balaban J connectivity index is 1.46. The van der Waals surface area contributed by atoms with Crippen LogP contribution in [0.4, 0.5) is 0 Å². The summed E-state index contributed by atoms with van der Waals surface area (Å²) in [4.78, 5) is 25.7. The first-order valence-corrected chi connectivity index (χ1v) is 10.7. The van der Waals surface area contributed by atoms with E-state index in [9.17, 15) is 4.79 Å². The third kappa shape index (κ3) is 4.60. The number of carbonyl (C=O) groups is 1. The van der Waals surface area contributed by atoms with Crippen molar-refractivity contribution >= 4 is 35.0 Å². The van der Waals surface area contributed by atoms with Crippen LogP contribution in [0.1, 0.15) is 32.9 Å². The number of nitrogens with zero attached hydrogens (tertiary/aromatic N) is 5. The van der Waals surface area contributed by atoms with Crippen LogP contribution in [0.25, 0.3) is 5.78 Å². The van der Waals surface area contributed by atoms with E-state index in [0.29, 0.717) is 33.9 Å². The molecule has 0 aliphatic heterocycles. The number of fused-ring (bicyclic) bond motifs is 1. The molecule has 0 atom stereocenters. The maximum Gasteiger partial charge on any atom is 0.253 e. The summed E-state index contributed by atoms with van der Waals surface area (Å²) < 4.78 is 1.73. The topological polar surface area (TPSA) is 85.1 Å². The zero-order valence-corrected chi connectivity index (χ0v) is 18.0. The van der Waals surface area contributed by atoms with Crippen LogP contribution >= 0.6 is 23.4 Å². The number of hydrogen-bond acceptors (Lipinski definition) is 6. The predicted octanol–water partition coefficient (Wildman–Crippen LogP) is 4.01. The zero-order valence-electron chi connectivity index (χ0n) is 16.5.